The number of benzene rings is 3. The molecule has 0 bridgehead atoms. The number of aromatic nitrogens is 2. The van der Waals surface area contributed by atoms with Gasteiger partial charge in [0.15, 0.2) is 0 Å². The summed E-state index contributed by atoms with van der Waals surface area (Å²) < 4.78 is 21.0. The Balaban J connectivity index is 1.37. The van der Waals surface area contributed by atoms with Gasteiger partial charge in [-0.2, -0.15) is 0 Å². The maximum absolute atomic E-state index is 13.4. The van der Waals surface area contributed by atoms with Crippen LogP contribution >= 0.6 is 0 Å². The zero-order valence-electron chi connectivity index (χ0n) is 19.0. The van der Waals surface area contributed by atoms with Gasteiger partial charge in [0.25, 0.3) is 5.56 Å². The number of hydrogen-bond acceptors (Lipinski definition) is 3. The number of halogens is 1. The van der Waals surface area contributed by atoms with E-state index in [2.05, 4.69) is 4.98 Å². The van der Waals surface area contributed by atoms with E-state index in [4.69, 9.17) is 4.74 Å². The van der Waals surface area contributed by atoms with Gasteiger partial charge in [0.2, 0.25) is 0 Å². The van der Waals surface area contributed by atoms with Crippen LogP contribution in [0.5, 0.6) is 5.75 Å². The van der Waals surface area contributed by atoms with Gasteiger partial charge in [-0.1, -0.05) is 54.6 Å². The first-order valence-corrected chi connectivity index (χ1v) is 11.3. The van der Waals surface area contributed by atoms with Crippen LogP contribution in [0.2, 0.25) is 0 Å². The molecule has 2 heterocycles. The predicted molar refractivity (Wildman–Crippen MR) is 137 cm³/mol. The molecule has 0 saturated heterocycles. The second kappa shape index (κ2) is 10.2. The molecule has 3 aromatic carbocycles. The van der Waals surface area contributed by atoms with Crippen LogP contribution in [0.1, 0.15) is 16.8 Å². The van der Waals surface area contributed by atoms with E-state index in [1.807, 2.05) is 72.8 Å². The van der Waals surface area contributed by atoms with Crippen LogP contribution in [0.4, 0.5) is 4.39 Å². The van der Waals surface area contributed by atoms with Gasteiger partial charge >= 0.3 is 0 Å². The van der Waals surface area contributed by atoms with E-state index in [9.17, 15) is 9.18 Å². The summed E-state index contributed by atoms with van der Waals surface area (Å²) in [5.74, 6) is 0.437. The lowest BCUT2D eigenvalue weighted by molar-refractivity contribution is 0.302. The van der Waals surface area contributed by atoms with Crippen molar-refractivity contribution in [3.8, 4) is 5.75 Å². The van der Waals surface area contributed by atoms with Gasteiger partial charge in [-0.25, -0.2) is 9.37 Å². The number of allylic oxidation sites excluding steroid dienone is 1. The van der Waals surface area contributed by atoms with E-state index in [1.165, 1.54) is 18.2 Å². The van der Waals surface area contributed by atoms with Crippen molar-refractivity contribution in [3.05, 3.63) is 142 Å². The highest BCUT2D eigenvalue weighted by atomic mass is 19.1. The molecule has 0 fully saturated rings. The monoisotopic (exact) mass is 462 g/mol. The number of pyridine rings is 2. The highest BCUT2D eigenvalue weighted by molar-refractivity contribution is 5.81. The Morgan fingerprint density at radius 3 is 2.43 bits per heavy atom. The topological polar surface area (TPSA) is 44.1 Å². The zero-order valence-corrected chi connectivity index (χ0v) is 19.0. The zero-order chi connectivity index (χ0) is 24.0. The van der Waals surface area contributed by atoms with Crippen molar-refractivity contribution in [2.24, 2.45) is 0 Å². The first-order valence-electron chi connectivity index (χ1n) is 11.3. The molecule has 0 radical (unpaired) electrons. The molecule has 5 aromatic rings. The number of nitrogens with zero attached hydrogens (tertiary/aromatic N) is 2. The van der Waals surface area contributed by atoms with E-state index in [1.54, 1.807) is 29.0 Å². The van der Waals surface area contributed by atoms with Gasteiger partial charge < -0.3 is 9.30 Å². The van der Waals surface area contributed by atoms with Gasteiger partial charge in [-0.15, -0.1) is 0 Å². The molecule has 0 aliphatic heterocycles. The minimum Gasteiger partial charge on any atom is -0.487 e. The van der Waals surface area contributed by atoms with Gasteiger partial charge in [0.05, 0.1) is 17.8 Å². The van der Waals surface area contributed by atoms with Crippen molar-refractivity contribution in [1.29, 1.82) is 0 Å². The molecule has 0 aliphatic rings. The highest BCUT2D eigenvalue weighted by Crippen LogP contribution is 2.24. The summed E-state index contributed by atoms with van der Waals surface area (Å²) in [6.07, 6.45) is 3.72. The molecular formula is C30H23FN2O2. The van der Waals surface area contributed by atoms with E-state index >= 15 is 0 Å². The van der Waals surface area contributed by atoms with E-state index in [-0.39, 0.29) is 11.4 Å². The number of hydrogen-bond donors (Lipinski definition) is 0. The van der Waals surface area contributed by atoms with Crippen LogP contribution in [0, 0.1) is 5.82 Å². The van der Waals surface area contributed by atoms with Crippen LogP contribution in [0.3, 0.4) is 0 Å². The lowest BCUT2D eigenvalue weighted by Crippen LogP contribution is -2.18. The molecule has 0 aliphatic carbocycles. The molecule has 0 unspecified atom stereocenters. The van der Waals surface area contributed by atoms with Crippen LogP contribution in [-0.4, -0.2) is 9.55 Å². The second-order valence-electron chi connectivity index (χ2n) is 8.20. The maximum atomic E-state index is 13.4. The third-order valence-electron chi connectivity index (χ3n) is 5.72. The fourth-order valence-electron chi connectivity index (χ4n) is 3.87. The molecule has 0 spiro atoms. The van der Waals surface area contributed by atoms with Crippen molar-refractivity contribution in [2.45, 2.75) is 13.2 Å². The van der Waals surface area contributed by atoms with Crippen molar-refractivity contribution < 1.29 is 9.13 Å². The summed E-state index contributed by atoms with van der Waals surface area (Å²) in [5.41, 5.74) is 4.44. The summed E-state index contributed by atoms with van der Waals surface area (Å²) in [7, 11) is 0. The van der Waals surface area contributed by atoms with Crippen molar-refractivity contribution in [3.63, 3.8) is 0 Å². The predicted octanol–water partition coefficient (Wildman–Crippen LogP) is 6.36. The molecule has 5 rings (SSSR count). The van der Waals surface area contributed by atoms with Crippen molar-refractivity contribution >= 4 is 22.6 Å². The van der Waals surface area contributed by atoms with E-state index < -0.39 is 0 Å². The molecule has 0 atom stereocenters. The Labute approximate surface area is 202 Å². The number of rotatable bonds is 7. The summed E-state index contributed by atoms with van der Waals surface area (Å²) >= 11 is 0. The third-order valence-corrected chi connectivity index (χ3v) is 5.72. The van der Waals surface area contributed by atoms with Gasteiger partial charge in [0.1, 0.15) is 18.2 Å². The Morgan fingerprint density at radius 2 is 1.63 bits per heavy atom. The first kappa shape index (κ1) is 22.3. The lowest BCUT2D eigenvalue weighted by Gasteiger charge is -2.12. The largest absolute Gasteiger partial charge is 0.487 e. The number of ether oxygens (including phenoxy) is 1. The molecule has 2 aromatic heterocycles. The Kier molecular flexibility index (Phi) is 6.48. The number of para-hydroxylation sites is 1. The summed E-state index contributed by atoms with van der Waals surface area (Å²) in [4.78, 5) is 17.0. The molecule has 35 heavy (non-hydrogen) atoms. The van der Waals surface area contributed by atoms with Gasteiger partial charge in [-0.05, 0) is 65.2 Å². The SMILES string of the molecule is O=c1ccccn1C/C(=C/c1ccc(F)cc1)c1ccc(OCc2ccc3ccccc3n2)cc1. The minimum atomic E-state index is -0.287. The fourth-order valence-corrected chi connectivity index (χ4v) is 3.87. The molecule has 0 N–H and O–H groups in total. The molecule has 0 amide bonds. The third kappa shape index (κ3) is 5.53. The van der Waals surface area contributed by atoms with E-state index in [0.29, 0.717) is 13.2 Å². The van der Waals surface area contributed by atoms with E-state index in [0.717, 1.165) is 39.0 Å². The summed E-state index contributed by atoms with van der Waals surface area (Å²) in [6, 6.07) is 31.1. The molecular weight excluding hydrogens is 439 g/mol. The summed E-state index contributed by atoms with van der Waals surface area (Å²) in [5, 5.41) is 1.10. The normalized spacial score (nSPS) is 11.5. The Bertz CT molecular complexity index is 1540. The van der Waals surface area contributed by atoms with Gasteiger partial charge in [-0.3, -0.25) is 4.79 Å². The minimum absolute atomic E-state index is 0.0830. The molecule has 0 saturated carbocycles. The fraction of sp³-hybridized carbons (Fsp3) is 0.0667. The van der Waals surface area contributed by atoms with Crippen LogP contribution < -0.4 is 10.3 Å². The second-order valence-corrected chi connectivity index (χ2v) is 8.20. The molecule has 172 valence electrons. The molecule has 4 nitrogen and oxygen atoms in total. The average Bonchev–Trinajstić information content (AvgIpc) is 2.90. The van der Waals surface area contributed by atoms with Crippen LogP contribution in [-0.2, 0) is 13.2 Å². The molecule has 5 heteroatoms. The van der Waals surface area contributed by atoms with Crippen LogP contribution in [0.25, 0.3) is 22.6 Å². The highest BCUT2D eigenvalue weighted by Gasteiger charge is 2.07. The standard InChI is InChI=1S/C30H23FN2O2/c31-26-13-8-22(9-14-26)19-25(20-33-18-4-3-7-30(33)34)23-11-16-28(17-12-23)35-21-27-15-10-24-5-1-2-6-29(24)32-27/h1-19H,20-21H2/b25-19-. The average molecular weight is 463 g/mol. The maximum Gasteiger partial charge on any atom is 0.250 e. The Morgan fingerprint density at radius 1 is 0.857 bits per heavy atom. The van der Waals surface area contributed by atoms with Crippen molar-refractivity contribution in [2.75, 3.05) is 0 Å². The lowest BCUT2D eigenvalue weighted by atomic mass is 10.0. The quantitative estimate of drug-likeness (QED) is 0.265. The van der Waals surface area contributed by atoms with Crippen molar-refractivity contribution in [1.82, 2.24) is 9.55 Å². The van der Waals surface area contributed by atoms with Gasteiger partial charge in [0, 0.05) is 17.6 Å². The Hall–Kier alpha value is -4.51. The number of fused-ring (bicyclic) bond motifs is 1. The summed E-state index contributed by atoms with van der Waals surface area (Å²) in [6.45, 7) is 0.750. The first-order chi connectivity index (χ1) is 17.1. The smallest absolute Gasteiger partial charge is 0.250 e. The van der Waals surface area contributed by atoms with Crippen LogP contribution in [0.15, 0.2) is 114 Å².